The van der Waals surface area contributed by atoms with Gasteiger partial charge in [-0.05, 0) is 56.2 Å². The smallest absolute Gasteiger partial charge is 0.259 e. The highest BCUT2D eigenvalue weighted by Gasteiger charge is 2.42. The van der Waals surface area contributed by atoms with Gasteiger partial charge in [-0.1, -0.05) is 43.2 Å². The summed E-state index contributed by atoms with van der Waals surface area (Å²) in [5.74, 6) is 0.578. The lowest BCUT2D eigenvalue weighted by Crippen LogP contribution is -2.43. The van der Waals surface area contributed by atoms with Crippen LogP contribution in [0.4, 0.5) is 11.4 Å². The highest BCUT2D eigenvalue weighted by molar-refractivity contribution is 8.14. The van der Waals surface area contributed by atoms with Gasteiger partial charge in [-0.25, -0.2) is 9.89 Å². The number of carbonyl (C=O) groups excluding carboxylic acids is 3. The molecule has 2 aromatic rings. The van der Waals surface area contributed by atoms with E-state index in [1.54, 1.807) is 24.3 Å². The van der Waals surface area contributed by atoms with Crippen molar-refractivity contribution in [3.05, 3.63) is 54.1 Å². The van der Waals surface area contributed by atoms with Crippen LogP contribution in [-0.2, 0) is 14.4 Å². The molecule has 5 rings (SSSR count). The van der Waals surface area contributed by atoms with Crippen molar-refractivity contribution >= 4 is 51.9 Å². The number of hydrogen-bond acceptors (Lipinski definition) is 7. The third-order valence-electron chi connectivity index (χ3n) is 6.68. The first-order valence-corrected chi connectivity index (χ1v) is 14.0. The van der Waals surface area contributed by atoms with Gasteiger partial charge in [0.1, 0.15) is 17.6 Å². The fraction of sp³-hybridized carbons (Fsp3) is 0.393. The first-order chi connectivity index (χ1) is 18.5. The Morgan fingerprint density at radius 3 is 2.58 bits per heavy atom. The molecule has 2 heterocycles. The Bertz CT molecular complexity index is 1270. The van der Waals surface area contributed by atoms with Gasteiger partial charge in [0.25, 0.3) is 5.91 Å². The first-order valence-electron chi connectivity index (χ1n) is 13.1. The molecule has 198 valence electrons. The predicted octanol–water partition coefficient (Wildman–Crippen LogP) is 4.25. The summed E-state index contributed by atoms with van der Waals surface area (Å²) < 4.78 is 5.44. The van der Waals surface area contributed by atoms with Gasteiger partial charge in [-0.15, -0.1) is 0 Å². The average Bonchev–Trinajstić information content (AvgIpc) is 3.25. The third-order valence-corrected chi connectivity index (χ3v) is 7.62. The molecule has 0 saturated heterocycles. The zero-order valence-electron chi connectivity index (χ0n) is 21.3. The summed E-state index contributed by atoms with van der Waals surface area (Å²) in [7, 11) is 0. The molecule has 10 heteroatoms. The molecule has 3 aliphatic rings. The summed E-state index contributed by atoms with van der Waals surface area (Å²) in [6.45, 7) is 2.48. The van der Waals surface area contributed by atoms with E-state index in [9.17, 15) is 14.4 Å². The lowest BCUT2D eigenvalue weighted by molar-refractivity contribution is -0.129. The fourth-order valence-corrected chi connectivity index (χ4v) is 5.67. The molecule has 0 radical (unpaired) electrons. The van der Waals surface area contributed by atoms with Crippen LogP contribution in [0.2, 0.25) is 0 Å². The summed E-state index contributed by atoms with van der Waals surface area (Å²) >= 11 is 1.17. The number of aliphatic imine (C=N–C) groups is 2. The van der Waals surface area contributed by atoms with Crippen LogP contribution < -0.4 is 15.4 Å². The molecule has 0 bridgehead atoms. The number of carbonyl (C=O) groups is 3. The van der Waals surface area contributed by atoms with E-state index in [4.69, 9.17) is 4.74 Å². The van der Waals surface area contributed by atoms with Gasteiger partial charge in [0.15, 0.2) is 5.17 Å². The lowest BCUT2D eigenvalue weighted by Gasteiger charge is -2.25. The summed E-state index contributed by atoms with van der Waals surface area (Å²) in [6, 6.07) is 13.9. The van der Waals surface area contributed by atoms with Crippen molar-refractivity contribution < 1.29 is 19.1 Å². The van der Waals surface area contributed by atoms with Crippen LogP contribution in [0.3, 0.4) is 0 Å². The number of rotatable bonds is 8. The molecule has 38 heavy (non-hydrogen) atoms. The molecule has 0 aromatic heterocycles. The van der Waals surface area contributed by atoms with E-state index in [1.165, 1.54) is 23.1 Å². The Kier molecular flexibility index (Phi) is 8.07. The standard InChI is InChI=1S/C28H31N5O4S/c1-2-37-20-14-12-19(13-15-20)30-25(35)17-38-28-32-22-11-7-6-10-21(22)26-31-23(27(36)33(26)28)16-24(34)29-18-8-4-3-5-9-18/h6-7,10-15,18,23H,2-5,8-9,16-17H2,1H3,(H,29,34)(H,30,35)/t23-/m0/s1. The van der Waals surface area contributed by atoms with Crippen molar-refractivity contribution in [3.63, 3.8) is 0 Å². The van der Waals surface area contributed by atoms with E-state index in [-0.39, 0.29) is 35.9 Å². The number of hydrogen-bond donors (Lipinski definition) is 2. The van der Waals surface area contributed by atoms with Gasteiger partial charge < -0.3 is 15.4 Å². The third kappa shape index (κ3) is 5.91. The van der Waals surface area contributed by atoms with Crippen molar-refractivity contribution in [2.45, 2.75) is 57.5 Å². The molecule has 2 aromatic carbocycles. The number of nitrogens with zero attached hydrogens (tertiary/aromatic N) is 3. The van der Waals surface area contributed by atoms with Gasteiger partial charge >= 0.3 is 0 Å². The largest absolute Gasteiger partial charge is 0.494 e. The topological polar surface area (TPSA) is 112 Å². The number of amidine groups is 2. The minimum Gasteiger partial charge on any atom is -0.494 e. The molecule has 1 saturated carbocycles. The summed E-state index contributed by atoms with van der Waals surface area (Å²) in [4.78, 5) is 49.6. The normalized spacial score (nSPS) is 18.7. The van der Waals surface area contributed by atoms with Gasteiger partial charge in [-0.2, -0.15) is 0 Å². The van der Waals surface area contributed by atoms with Crippen LogP contribution in [0.25, 0.3) is 0 Å². The molecule has 9 nitrogen and oxygen atoms in total. The van der Waals surface area contributed by atoms with Crippen LogP contribution in [0, 0.1) is 0 Å². The summed E-state index contributed by atoms with van der Waals surface area (Å²) in [5, 5.41) is 6.31. The van der Waals surface area contributed by atoms with E-state index in [2.05, 4.69) is 20.6 Å². The average molecular weight is 534 g/mol. The Morgan fingerprint density at radius 2 is 1.82 bits per heavy atom. The number of anilines is 1. The Labute approximate surface area is 226 Å². The monoisotopic (exact) mass is 533 g/mol. The van der Waals surface area contributed by atoms with Gasteiger partial charge in [0.05, 0.1) is 24.5 Å². The van der Waals surface area contributed by atoms with Gasteiger partial charge in [-0.3, -0.25) is 19.4 Å². The maximum absolute atomic E-state index is 13.4. The van der Waals surface area contributed by atoms with E-state index >= 15 is 0 Å². The fourth-order valence-electron chi connectivity index (χ4n) is 4.87. The molecule has 1 atom stereocenters. The van der Waals surface area contributed by atoms with Crippen molar-refractivity contribution in [2.24, 2.45) is 9.98 Å². The predicted molar refractivity (Wildman–Crippen MR) is 149 cm³/mol. The zero-order valence-corrected chi connectivity index (χ0v) is 22.1. The van der Waals surface area contributed by atoms with Crippen LogP contribution in [0.15, 0.2) is 58.5 Å². The van der Waals surface area contributed by atoms with E-state index < -0.39 is 6.04 Å². The molecule has 1 aliphatic carbocycles. The number of ether oxygens (including phenoxy) is 1. The van der Waals surface area contributed by atoms with Crippen LogP contribution in [0.1, 0.15) is 51.0 Å². The van der Waals surface area contributed by atoms with E-state index in [0.717, 1.165) is 37.0 Å². The Balaban J connectivity index is 1.26. The molecule has 2 aliphatic heterocycles. The van der Waals surface area contributed by atoms with Gasteiger partial charge in [0.2, 0.25) is 11.8 Å². The number of fused-ring (bicyclic) bond motifs is 3. The van der Waals surface area contributed by atoms with E-state index in [1.807, 2.05) is 31.2 Å². The van der Waals surface area contributed by atoms with Crippen LogP contribution in [-0.4, -0.2) is 58.1 Å². The Morgan fingerprint density at radius 1 is 1.05 bits per heavy atom. The molecular weight excluding hydrogens is 502 g/mol. The van der Waals surface area contributed by atoms with Gasteiger partial charge in [0, 0.05) is 17.3 Å². The summed E-state index contributed by atoms with van der Waals surface area (Å²) in [5.41, 5.74) is 2.06. The molecular formula is C28H31N5O4S. The summed E-state index contributed by atoms with van der Waals surface area (Å²) in [6.07, 6.45) is 5.38. The maximum Gasteiger partial charge on any atom is 0.259 e. The maximum atomic E-state index is 13.4. The number of amides is 3. The highest BCUT2D eigenvalue weighted by Crippen LogP contribution is 2.34. The van der Waals surface area contributed by atoms with Crippen molar-refractivity contribution in [3.8, 4) is 5.75 Å². The minimum absolute atomic E-state index is 0.00628. The molecule has 1 fully saturated rings. The number of nitrogens with one attached hydrogen (secondary N) is 2. The lowest BCUT2D eigenvalue weighted by atomic mass is 9.95. The number of thioether (sulfide) groups is 1. The minimum atomic E-state index is -0.816. The second-order valence-corrected chi connectivity index (χ2v) is 10.4. The zero-order chi connectivity index (χ0) is 26.5. The van der Waals surface area contributed by atoms with Crippen molar-refractivity contribution in [1.82, 2.24) is 10.2 Å². The second kappa shape index (κ2) is 11.8. The van der Waals surface area contributed by atoms with Crippen LogP contribution >= 0.6 is 11.8 Å². The van der Waals surface area contributed by atoms with E-state index in [0.29, 0.717) is 29.0 Å². The SMILES string of the molecule is CCOc1ccc(NC(=O)CSC2=Nc3ccccc3C3=N[C@@H](CC(=O)NC4CCCCC4)C(=O)N23)cc1. The number of para-hydroxylation sites is 1. The highest BCUT2D eigenvalue weighted by atomic mass is 32.2. The molecule has 0 spiro atoms. The van der Waals surface area contributed by atoms with Crippen molar-refractivity contribution in [2.75, 3.05) is 17.7 Å². The molecule has 3 amide bonds. The quantitative estimate of drug-likeness (QED) is 0.527. The molecule has 2 N–H and O–H groups in total. The molecule has 0 unspecified atom stereocenters. The first kappa shape index (κ1) is 26.0. The second-order valence-electron chi connectivity index (χ2n) is 9.45. The van der Waals surface area contributed by atoms with Crippen molar-refractivity contribution in [1.29, 1.82) is 0 Å². The number of benzene rings is 2. The van der Waals surface area contributed by atoms with Crippen LogP contribution in [0.5, 0.6) is 5.75 Å². The Hall–Kier alpha value is -3.66.